The lowest BCUT2D eigenvalue weighted by atomic mass is 9.93. The van der Waals surface area contributed by atoms with E-state index in [9.17, 15) is 5.11 Å². The highest BCUT2D eigenvalue weighted by Gasteiger charge is 2.26. The SMILES string of the molecule is CC(C)(O)CN1CCC(c2cc3ccncc3o2)CC1. The molecule has 0 bridgehead atoms. The number of aromatic nitrogens is 1. The van der Waals surface area contributed by atoms with Gasteiger partial charge in [0.25, 0.3) is 0 Å². The molecule has 0 radical (unpaired) electrons. The smallest absolute Gasteiger partial charge is 0.152 e. The van der Waals surface area contributed by atoms with Crippen molar-refractivity contribution in [3.8, 4) is 0 Å². The summed E-state index contributed by atoms with van der Waals surface area (Å²) >= 11 is 0. The van der Waals surface area contributed by atoms with Crippen LogP contribution in [0.2, 0.25) is 0 Å². The zero-order valence-corrected chi connectivity index (χ0v) is 12.2. The van der Waals surface area contributed by atoms with Gasteiger partial charge in [-0.1, -0.05) is 0 Å². The number of β-amino-alcohol motifs (C(OH)–C–C–N with tert-alkyl or cyclic N) is 1. The lowest BCUT2D eigenvalue weighted by Gasteiger charge is -2.34. The van der Waals surface area contributed by atoms with E-state index >= 15 is 0 Å². The summed E-state index contributed by atoms with van der Waals surface area (Å²) in [7, 11) is 0. The summed E-state index contributed by atoms with van der Waals surface area (Å²) in [4.78, 5) is 6.43. The van der Waals surface area contributed by atoms with Gasteiger partial charge >= 0.3 is 0 Å². The van der Waals surface area contributed by atoms with Crippen molar-refractivity contribution in [3.05, 3.63) is 30.3 Å². The fraction of sp³-hybridized carbons (Fsp3) is 0.562. The van der Waals surface area contributed by atoms with E-state index in [1.54, 1.807) is 12.4 Å². The molecule has 0 spiro atoms. The number of nitrogens with zero attached hydrogens (tertiary/aromatic N) is 2. The molecular weight excluding hydrogens is 252 g/mol. The molecule has 2 aromatic rings. The fourth-order valence-electron chi connectivity index (χ4n) is 3.03. The summed E-state index contributed by atoms with van der Waals surface area (Å²) in [6.07, 6.45) is 5.75. The molecule has 0 atom stereocenters. The minimum atomic E-state index is -0.613. The number of fused-ring (bicyclic) bond motifs is 1. The van der Waals surface area contributed by atoms with Crippen LogP contribution in [0.25, 0.3) is 11.0 Å². The molecule has 1 saturated heterocycles. The summed E-state index contributed by atoms with van der Waals surface area (Å²) in [5, 5.41) is 11.0. The van der Waals surface area contributed by atoms with Crippen molar-refractivity contribution in [1.29, 1.82) is 0 Å². The molecule has 1 aliphatic heterocycles. The van der Waals surface area contributed by atoms with Gasteiger partial charge in [-0.3, -0.25) is 4.98 Å². The largest absolute Gasteiger partial charge is 0.459 e. The number of hydrogen-bond acceptors (Lipinski definition) is 4. The number of pyridine rings is 1. The maximum atomic E-state index is 9.88. The van der Waals surface area contributed by atoms with E-state index in [1.807, 2.05) is 19.9 Å². The van der Waals surface area contributed by atoms with Crippen molar-refractivity contribution in [1.82, 2.24) is 9.88 Å². The average Bonchev–Trinajstić information content (AvgIpc) is 2.81. The Balaban J connectivity index is 1.66. The number of aliphatic hydroxyl groups is 1. The first kappa shape index (κ1) is 13.6. The molecule has 108 valence electrons. The lowest BCUT2D eigenvalue weighted by molar-refractivity contribution is 0.0275. The van der Waals surface area contributed by atoms with Crippen LogP contribution in [0.1, 0.15) is 38.4 Å². The molecule has 0 amide bonds. The van der Waals surface area contributed by atoms with Gasteiger partial charge in [0.1, 0.15) is 5.76 Å². The Bertz CT molecular complexity index is 544. The second-order valence-electron chi connectivity index (χ2n) is 6.43. The van der Waals surface area contributed by atoms with E-state index in [0.29, 0.717) is 5.92 Å². The van der Waals surface area contributed by atoms with Crippen LogP contribution in [0.5, 0.6) is 0 Å². The van der Waals surface area contributed by atoms with Gasteiger partial charge in [-0.25, -0.2) is 0 Å². The zero-order chi connectivity index (χ0) is 14.2. The predicted molar refractivity (Wildman–Crippen MR) is 78.7 cm³/mol. The van der Waals surface area contributed by atoms with Gasteiger partial charge in [0.15, 0.2) is 5.58 Å². The second kappa shape index (κ2) is 5.19. The van der Waals surface area contributed by atoms with Gasteiger partial charge in [0.05, 0.1) is 11.8 Å². The van der Waals surface area contributed by atoms with E-state index in [1.165, 1.54) is 0 Å². The van der Waals surface area contributed by atoms with Crippen LogP contribution in [0.4, 0.5) is 0 Å². The summed E-state index contributed by atoms with van der Waals surface area (Å²) in [6.45, 7) is 6.51. The van der Waals surface area contributed by atoms with Crippen molar-refractivity contribution in [2.45, 2.75) is 38.2 Å². The van der Waals surface area contributed by atoms with Gasteiger partial charge in [0.2, 0.25) is 0 Å². The molecular formula is C16H22N2O2. The van der Waals surface area contributed by atoms with E-state index in [0.717, 1.165) is 49.2 Å². The van der Waals surface area contributed by atoms with Crippen LogP contribution in [0, 0.1) is 0 Å². The van der Waals surface area contributed by atoms with Crippen LogP contribution in [-0.2, 0) is 0 Å². The van der Waals surface area contributed by atoms with Crippen molar-refractivity contribution in [2.75, 3.05) is 19.6 Å². The van der Waals surface area contributed by atoms with Gasteiger partial charge in [-0.2, -0.15) is 0 Å². The van der Waals surface area contributed by atoms with Gasteiger partial charge in [-0.05, 0) is 51.9 Å². The molecule has 0 unspecified atom stereocenters. The molecule has 3 rings (SSSR count). The standard InChI is InChI=1S/C16H22N2O2/c1-16(2,19)11-18-7-4-12(5-8-18)14-9-13-3-6-17-10-15(13)20-14/h3,6,9-10,12,19H,4-5,7-8,11H2,1-2H3. The minimum absolute atomic E-state index is 0.487. The molecule has 0 saturated carbocycles. The number of piperidine rings is 1. The summed E-state index contributed by atoms with van der Waals surface area (Å²) in [5.41, 5.74) is 0.263. The van der Waals surface area contributed by atoms with Crippen molar-refractivity contribution in [2.24, 2.45) is 0 Å². The van der Waals surface area contributed by atoms with E-state index in [4.69, 9.17) is 4.42 Å². The van der Waals surface area contributed by atoms with E-state index < -0.39 is 5.60 Å². The highest BCUT2D eigenvalue weighted by Crippen LogP contribution is 2.32. The quantitative estimate of drug-likeness (QED) is 0.935. The molecule has 1 N–H and O–H groups in total. The maximum Gasteiger partial charge on any atom is 0.152 e. The molecule has 3 heterocycles. The monoisotopic (exact) mass is 274 g/mol. The van der Waals surface area contributed by atoms with Crippen LogP contribution < -0.4 is 0 Å². The fourth-order valence-corrected chi connectivity index (χ4v) is 3.03. The summed E-state index contributed by atoms with van der Waals surface area (Å²) in [6, 6.07) is 4.14. The average molecular weight is 274 g/mol. The first-order valence-electron chi connectivity index (χ1n) is 7.29. The molecule has 20 heavy (non-hydrogen) atoms. The summed E-state index contributed by atoms with van der Waals surface area (Å²) < 4.78 is 5.91. The molecule has 0 aromatic carbocycles. The number of furan rings is 1. The third-order valence-corrected chi connectivity index (χ3v) is 3.94. The highest BCUT2D eigenvalue weighted by molar-refractivity contribution is 5.76. The van der Waals surface area contributed by atoms with Gasteiger partial charge in [-0.15, -0.1) is 0 Å². The first-order chi connectivity index (χ1) is 9.51. The van der Waals surface area contributed by atoms with Crippen LogP contribution in [-0.4, -0.2) is 40.2 Å². The molecule has 4 heteroatoms. The van der Waals surface area contributed by atoms with Crippen LogP contribution in [0.15, 0.2) is 28.9 Å². The number of likely N-dealkylation sites (tertiary alicyclic amines) is 1. The van der Waals surface area contributed by atoms with Crippen molar-refractivity contribution < 1.29 is 9.52 Å². The lowest BCUT2D eigenvalue weighted by Crippen LogP contribution is -2.42. The maximum absolute atomic E-state index is 9.88. The molecule has 1 fully saturated rings. The van der Waals surface area contributed by atoms with Crippen LogP contribution in [0.3, 0.4) is 0 Å². The topological polar surface area (TPSA) is 49.5 Å². The summed E-state index contributed by atoms with van der Waals surface area (Å²) in [5.74, 6) is 1.57. The second-order valence-corrected chi connectivity index (χ2v) is 6.43. The Hall–Kier alpha value is -1.39. The van der Waals surface area contributed by atoms with Gasteiger partial charge < -0.3 is 14.4 Å². The van der Waals surface area contributed by atoms with E-state index in [-0.39, 0.29) is 0 Å². The predicted octanol–water partition coefficient (Wildman–Crippen LogP) is 2.78. The molecule has 2 aromatic heterocycles. The molecule has 1 aliphatic rings. The Morgan fingerprint density at radius 2 is 2.15 bits per heavy atom. The Morgan fingerprint density at radius 1 is 1.40 bits per heavy atom. The van der Waals surface area contributed by atoms with Crippen LogP contribution >= 0.6 is 0 Å². The van der Waals surface area contributed by atoms with Gasteiger partial charge in [0, 0.05) is 24.0 Å². The number of rotatable bonds is 3. The Morgan fingerprint density at radius 3 is 2.80 bits per heavy atom. The zero-order valence-electron chi connectivity index (χ0n) is 12.2. The normalized spacial score (nSPS) is 18.8. The Kier molecular flexibility index (Phi) is 3.52. The third kappa shape index (κ3) is 3.02. The van der Waals surface area contributed by atoms with Crippen molar-refractivity contribution in [3.63, 3.8) is 0 Å². The van der Waals surface area contributed by atoms with E-state index in [2.05, 4.69) is 16.0 Å². The Labute approximate surface area is 119 Å². The highest BCUT2D eigenvalue weighted by atomic mass is 16.3. The third-order valence-electron chi connectivity index (χ3n) is 3.94. The number of hydrogen-bond donors (Lipinski definition) is 1. The first-order valence-corrected chi connectivity index (χ1v) is 7.29. The molecule has 0 aliphatic carbocycles. The van der Waals surface area contributed by atoms with Crippen molar-refractivity contribution >= 4 is 11.0 Å². The minimum Gasteiger partial charge on any atom is -0.459 e. The molecule has 4 nitrogen and oxygen atoms in total.